The van der Waals surface area contributed by atoms with Crippen molar-refractivity contribution < 1.29 is 19.2 Å². The van der Waals surface area contributed by atoms with Crippen LogP contribution in [0.2, 0.25) is 0 Å². The molecule has 3 rings (SSSR count). The molecule has 0 saturated heterocycles. The molecule has 1 aliphatic heterocycles. The number of benzene rings is 1. The lowest BCUT2D eigenvalue weighted by Crippen LogP contribution is -2.25. The summed E-state index contributed by atoms with van der Waals surface area (Å²) in [7, 11) is 0. The van der Waals surface area contributed by atoms with Crippen molar-refractivity contribution in [3.05, 3.63) is 45.3 Å². The van der Waals surface area contributed by atoms with Crippen molar-refractivity contribution in [1.82, 2.24) is 5.43 Å². The number of ether oxygens (including phenoxy) is 2. The van der Waals surface area contributed by atoms with E-state index in [9.17, 15) is 14.9 Å². The Morgan fingerprint density at radius 2 is 2.17 bits per heavy atom. The molecule has 1 aromatic heterocycles. The van der Waals surface area contributed by atoms with E-state index >= 15 is 0 Å². The highest BCUT2D eigenvalue weighted by molar-refractivity contribution is 7.16. The molecule has 0 fully saturated rings. The molecule has 124 valence electrons. The van der Waals surface area contributed by atoms with E-state index in [1.165, 1.54) is 12.3 Å². The fraction of sp³-hybridized carbons (Fsp3) is 0.143. The maximum atomic E-state index is 11.7. The van der Waals surface area contributed by atoms with Crippen LogP contribution in [0.4, 0.5) is 10.7 Å². The maximum absolute atomic E-state index is 11.7. The monoisotopic (exact) mass is 348 g/mol. The van der Waals surface area contributed by atoms with Crippen LogP contribution in [-0.2, 0) is 4.79 Å². The van der Waals surface area contributed by atoms with E-state index < -0.39 is 4.92 Å². The van der Waals surface area contributed by atoms with Crippen LogP contribution in [0, 0.1) is 10.1 Å². The zero-order valence-electron chi connectivity index (χ0n) is 12.2. The highest BCUT2D eigenvalue weighted by atomic mass is 32.1. The van der Waals surface area contributed by atoms with Crippen molar-refractivity contribution in [2.45, 2.75) is 0 Å². The Bertz CT molecular complexity index is 804. The van der Waals surface area contributed by atoms with E-state index in [1.54, 1.807) is 24.3 Å². The van der Waals surface area contributed by atoms with Gasteiger partial charge in [0.1, 0.15) is 0 Å². The third-order valence-electron chi connectivity index (χ3n) is 3.00. The molecular weight excluding hydrogens is 336 g/mol. The number of hydrogen-bond donors (Lipinski definition) is 2. The molecule has 0 radical (unpaired) electrons. The van der Waals surface area contributed by atoms with Crippen LogP contribution in [0.5, 0.6) is 11.5 Å². The standard InChI is InChI=1S/C14H12N4O5S/c19-13(17-16-6-10-2-4-14(24-10)18(20)21)7-15-9-1-3-11-12(5-9)23-8-22-11/h1-6,15H,7-8H2,(H,17,19)/b16-6-. The summed E-state index contributed by atoms with van der Waals surface area (Å²) in [6, 6.07) is 8.21. The summed E-state index contributed by atoms with van der Waals surface area (Å²) in [4.78, 5) is 22.4. The Labute approximate surface area is 140 Å². The summed E-state index contributed by atoms with van der Waals surface area (Å²) in [6.45, 7) is 0.205. The molecule has 1 aromatic carbocycles. The Morgan fingerprint density at radius 3 is 2.96 bits per heavy atom. The first kappa shape index (κ1) is 15.7. The normalized spacial score (nSPS) is 12.3. The van der Waals surface area contributed by atoms with E-state index in [1.807, 2.05) is 0 Å². The largest absolute Gasteiger partial charge is 0.454 e. The van der Waals surface area contributed by atoms with Crippen LogP contribution in [0.1, 0.15) is 4.88 Å². The number of nitrogens with zero attached hydrogens (tertiary/aromatic N) is 2. The van der Waals surface area contributed by atoms with Crippen molar-refractivity contribution in [3.63, 3.8) is 0 Å². The smallest absolute Gasteiger partial charge is 0.324 e. The minimum absolute atomic E-state index is 0.0154. The number of hydrazone groups is 1. The lowest BCUT2D eigenvalue weighted by molar-refractivity contribution is -0.380. The average molecular weight is 348 g/mol. The molecule has 9 nitrogen and oxygen atoms in total. The second-order valence-corrected chi connectivity index (χ2v) is 5.74. The van der Waals surface area contributed by atoms with Gasteiger partial charge < -0.3 is 14.8 Å². The van der Waals surface area contributed by atoms with Gasteiger partial charge >= 0.3 is 5.00 Å². The van der Waals surface area contributed by atoms with Crippen molar-refractivity contribution in [2.24, 2.45) is 5.10 Å². The summed E-state index contributed by atoms with van der Waals surface area (Å²) in [6.07, 6.45) is 1.36. The van der Waals surface area contributed by atoms with Gasteiger partial charge in [0, 0.05) is 17.8 Å². The number of nitro groups is 1. The number of fused-ring (bicyclic) bond motifs is 1. The molecule has 0 aliphatic carbocycles. The Morgan fingerprint density at radius 1 is 1.33 bits per heavy atom. The third kappa shape index (κ3) is 3.79. The molecule has 2 heterocycles. The second kappa shape index (κ2) is 6.96. The predicted molar refractivity (Wildman–Crippen MR) is 87.8 cm³/mol. The number of hydrogen-bond acceptors (Lipinski definition) is 8. The van der Waals surface area contributed by atoms with E-state index in [0.29, 0.717) is 22.1 Å². The number of anilines is 1. The van der Waals surface area contributed by atoms with E-state index in [4.69, 9.17) is 9.47 Å². The van der Waals surface area contributed by atoms with Crippen LogP contribution < -0.4 is 20.2 Å². The number of carbonyl (C=O) groups excluding carboxylic acids is 1. The van der Waals surface area contributed by atoms with Crippen molar-refractivity contribution in [3.8, 4) is 11.5 Å². The first-order valence-electron chi connectivity index (χ1n) is 6.81. The molecule has 2 aromatic rings. The van der Waals surface area contributed by atoms with Crippen LogP contribution >= 0.6 is 11.3 Å². The van der Waals surface area contributed by atoms with Crippen molar-refractivity contribution in [2.75, 3.05) is 18.7 Å². The molecule has 2 N–H and O–H groups in total. The fourth-order valence-electron chi connectivity index (χ4n) is 1.91. The molecule has 0 bridgehead atoms. The van der Waals surface area contributed by atoms with Gasteiger partial charge in [-0.25, -0.2) is 5.43 Å². The van der Waals surface area contributed by atoms with Crippen molar-refractivity contribution in [1.29, 1.82) is 0 Å². The zero-order chi connectivity index (χ0) is 16.9. The SMILES string of the molecule is O=C(CNc1ccc2c(c1)OCO2)N/N=C\c1ccc([N+](=O)[O-])s1. The minimum Gasteiger partial charge on any atom is -0.454 e. The Balaban J connectivity index is 1.47. The third-order valence-corrected chi connectivity index (χ3v) is 3.97. The molecule has 24 heavy (non-hydrogen) atoms. The predicted octanol–water partition coefficient (Wildman–Crippen LogP) is 1.95. The summed E-state index contributed by atoms with van der Waals surface area (Å²) in [5.41, 5.74) is 3.06. The number of amides is 1. The first-order valence-corrected chi connectivity index (χ1v) is 7.63. The van der Waals surface area contributed by atoms with Crippen LogP contribution in [0.15, 0.2) is 35.4 Å². The summed E-state index contributed by atoms with van der Waals surface area (Å²) in [5, 5.41) is 17.3. The summed E-state index contributed by atoms with van der Waals surface area (Å²) < 4.78 is 10.4. The summed E-state index contributed by atoms with van der Waals surface area (Å²) in [5.74, 6) is 0.937. The molecule has 1 aliphatic rings. The molecular formula is C14H12N4O5S. The van der Waals surface area contributed by atoms with Gasteiger partial charge in [0.2, 0.25) is 6.79 Å². The van der Waals surface area contributed by atoms with Gasteiger partial charge in [-0.05, 0) is 18.2 Å². The summed E-state index contributed by atoms with van der Waals surface area (Å²) >= 11 is 0.973. The topological polar surface area (TPSA) is 115 Å². The van der Waals surface area contributed by atoms with Gasteiger partial charge in [0.05, 0.1) is 22.6 Å². The maximum Gasteiger partial charge on any atom is 0.324 e. The lowest BCUT2D eigenvalue weighted by atomic mass is 10.3. The van der Waals surface area contributed by atoms with Gasteiger partial charge in [0.25, 0.3) is 5.91 Å². The molecule has 1 amide bonds. The number of carbonyl (C=O) groups is 1. The van der Waals surface area contributed by atoms with Gasteiger partial charge in [-0.2, -0.15) is 5.10 Å². The molecule has 0 spiro atoms. The molecule has 0 unspecified atom stereocenters. The Hall–Kier alpha value is -3.14. The lowest BCUT2D eigenvalue weighted by Gasteiger charge is -2.06. The van der Waals surface area contributed by atoms with Gasteiger partial charge in [-0.3, -0.25) is 14.9 Å². The second-order valence-electron chi connectivity index (χ2n) is 4.65. The van der Waals surface area contributed by atoms with Crippen LogP contribution in [-0.4, -0.2) is 30.4 Å². The van der Waals surface area contributed by atoms with Crippen molar-refractivity contribution >= 4 is 34.1 Å². The quantitative estimate of drug-likeness (QED) is 0.468. The zero-order valence-corrected chi connectivity index (χ0v) is 13.0. The molecule has 0 saturated carbocycles. The molecule has 10 heteroatoms. The van der Waals surface area contributed by atoms with E-state index in [-0.39, 0.29) is 24.2 Å². The van der Waals surface area contributed by atoms with Crippen LogP contribution in [0.3, 0.4) is 0 Å². The van der Waals surface area contributed by atoms with Gasteiger partial charge in [0.15, 0.2) is 11.5 Å². The minimum atomic E-state index is -0.476. The highest BCUT2D eigenvalue weighted by Gasteiger charge is 2.13. The van der Waals surface area contributed by atoms with E-state index in [0.717, 1.165) is 11.3 Å². The average Bonchev–Trinajstić information content (AvgIpc) is 3.21. The Kier molecular flexibility index (Phi) is 4.57. The first-order chi connectivity index (χ1) is 11.6. The number of nitrogens with one attached hydrogen (secondary N) is 2. The highest BCUT2D eigenvalue weighted by Crippen LogP contribution is 2.34. The van der Waals surface area contributed by atoms with Gasteiger partial charge in [-0.1, -0.05) is 11.3 Å². The van der Waals surface area contributed by atoms with Crippen LogP contribution in [0.25, 0.3) is 0 Å². The number of thiophene rings is 1. The number of rotatable bonds is 6. The van der Waals surface area contributed by atoms with Gasteiger partial charge in [-0.15, -0.1) is 0 Å². The molecule has 0 atom stereocenters. The fourth-order valence-corrected chi connectivity index (χ4v) is 2.60. The van der Waals surface area contributed by atoms with E-state index in [2.05, 4.69) is 15.8 Å².